The van der Waals surface area contributed by atoms with Crippen LogP contribution in [0.1, 0.15) is 24.4 Å². The standard InChI is InChI=1S/C12H15N5O4/c1-7-5-13-15-17(7)8-4-11(21-9(8)6-18)16-3-2-10(19)14-12(16)20/h2-3,5,8-9,11,18H,4,6H2,1H3,(H,14,19,20)/t8?,9-,11-/m1/s1. The quantitative estimate of drug-likeness (QED) is 0.746. The molecule has 3 rings (SSSR count). The molecular weight excluding hydrogens is 278 g/mol. The summed E-state index contributed by atoms with van der Waals surface area (Å²) in [5.41, 5.74) is -0.159. The third-order valence-electron chi connectivity index (χ3n) is 3.61. The molecular formula is C12H15N5O4. The first-order valence-electron chi connectivity index (χ1n) is 6.54. The fraction of sp³-hybridized carbons (Fsp3) is 0.500. The largest absolute Gasteiger partial charge is 0.394 e. The van der Waals surface area contributed by atoms with Gasteiger partial charge in [-0.1, -0.05) is 5.21 Å². The van der Waals surface area contributed by atoms with Gasteiger partial charge in [0.25, 0.3) is 5.56 Å². The fourth-order valence-corrected chi connectivity index (χ4v) is 2.58. The summed E-state index contributed by atoms with van der Waals surface area (Å²) in [4.78, 5) is 25.1. The third-order valence-corrected chi connectivity index (χ3v) is 3.61. The Kier molecular flexibility index (Phi) is 3.43. The first kappa shape index (κ1) is 13.7. The highest BCUT2D eigenvalue weighted by Gasteiger charge is 2.38. The van der Waals surface area contributed by atoms with E-state index in [2.05, 4.69) is 15.3 Å². The van der Waals surface area contributed by atoms with Crippen LogP contribution in [0.5, 0.6) is 0 Å². The van der Waals surface area contributed by atoms with Gasteiger partial charge in [-0.2, -0.15) is 0 Å². The summed E-state index contributed by atoms with van der Waals surface area (Å²) in [6.45, 7) is 1.66. The monoisotopic (exact) mass is 293 g/mol. The highest BCUT2D eigenvalue weighted by Crippen LogP contribution is 2.35. The minimum Gasteiger partial charge on any atom is -0.394 e. The van der Waals surface area contributed by atoms with E-state index in [1.165, 1.54) is 16.8 Å². The van der Waals surface area contributed by atoms with E-state index >= 15 is 0 Å². The lowest BCUT2D eigenvalue weighted by Gasteiger charge is -2.16. The Morgan fingerprint density at radius 2 is 2.33 bits per heavy atom. The summed E-state index contributed by atoms with van der Waals surface area (Å²) in [5.74, 6) is 0. The average Bonchev–Trinajstić information content (AvgIpc) is 3.04. The second-order valence-electron chi connectivity index (χ2n) is 4.95. The molecule has 0 bridgehead atoms. The van der Waals surface area contributed by atoms with Gasteiger partial charge < -0.3 is 9.84 Å². The number of nitrogens with one attached hydrogen (secondary N) is 1. The van der Waals surface area contributed by atoms with Gasteiger partial charge in [0.15, 0.2) is 0 Å². The number of nitrogens with zero attached hydrogens (tertiary/aromatic N) is 4. The SMILES string of the molecule is Cc1cnnn1C1C[C@H](n2ccc(=O)[nH]c2=O)O[C@@H]1CO. The van der Waals surface area contributed by atoms with Gasteiger partial charge in [-0.25, -0.2) is 9.48 Å². The van der Waals surface area contributed by atoms with E-state index in [1.807, 2.05) is 6.92 Å². The summed E-state index contributed by atoms with van der Waals surface area (Å²) in [6.07, 6.45) is 2.39. The molecule has 9 nitrogen and oxygen atoms in total. The number of aryl methyl sites for hydroxylation is 1. The van der Waals surface area contributed by atoms with E-state index in [4.69, 9.17) is 4.74 Å². The van der Waals surface area contributed by atoms with Crippen LogP contribution in [0.3, 0.4) is 0 Å². The number of aliphatic hydroxyl groups is 1. The number of aromatic nitrogens is 5. The Morgan fingerprint density at radius 1 is 1.52 bits per heavy atom. The minimum absolute atomic E-state index is 0.196. The first-order chi connectivity index (χ1) is 10.1. The van der Waals surface area contributed by atoms with Gasteiger partial charge in [0.05, 0.1) is 24.5 Å². The summed E-state index contributed by atoms with van der Waals surface area (Å²) < 4.78 is 8.69. The molecule has 1 saturated heterocycles. The molecule has 0 radical (unpaired) electrons. The molecule has 3 atom stereocenters. The summed E-state index contributed by atoms with van der Waals surface area (Å²) in [5, 5.41) is 17.3. The second-order valence-corrected chi connectivity index (χ2v) is 4.95. The lowest BCUT2D eigenvalue weighted by Crippen LogP contribution is -2.31. The normalized spacial score (nSPS) is 25.3. The van der Waals surface area contributed by atoms with Crippen molar-refractivity contribution in [3.63, 3.8) is 0 Å². The maximum Gasteiger partial charge on any atom is 0.330 e. The molecule has 1 aliphatic heterocycles. The number of ether oxygens (including phenoxy) is 1. The molecule has 21 heavy (non-hydrogen) atoms. The van der Waals surface area contributed by atoms with Gasteiger partial charge in [-0.05, 0) is 6.92 Å². The predicted molar refractivity (Wildman–Crippen MR) is 70.7 cm³/mol. The van der Waals surface area contributed by atoms with Crippen LogP contribution in [-0.2, 0) is 4.74 Å². The molecule has 2 aromatic rings. The predicted octanol–water partition coefficient (Wildman–Crippen LogP) is -1.04. The topological polar surface area (TPSA) is 115 Å². The van der Waals surface area contributed by atoms with Crippen molar-refractivity contribution in [2.75, 3.05) is 6.61 Å². The van der Waals surface area contributed by atoms with Crippen molar-refractivity contribution < 1.29 is 9.84 Å². The highest BCUT2D eigenvalue weighted by molar-refractivity contribution is 4.96. The molecule has 1 aliphatic rings. The van der Waals surface area contributed by atoms with Gasteiger partial charge in [0.2, 0.25) is 0 Å². The zero-order valence-corrected chi connectivity index (χ0v) is 11.3. The molecule has 9 heteroatoms. The number of H-pyrrole nitrogens is 1. The van der Waals surface area contributed by atoms with Crippen LogP contribution in [0.25, 0.3) is 0 Å². The van der Waals surface area contributed by atoms with Crippen LogP contribution in [0.2, 0.25) is 0 Å². The van der Waals surface area contributed by atoms with E-state index in [0.29, 0.717) is 6.42 Å². The van der Waals surface area contributed by atoms with Gasteiger partial charge in [-0.3, -0.25) is 14.3 Å². The zero-order valence-electron chi connectivity index (χ0n) is 11.3. The molecule has 0 spiro atoms. The van der Waals surface area contributed by atoms with Crippen LogP contribution in [-0.4, -0.2) is 42.4 Å². The summed E-state index contributed by atoms with van der Waals surface area (Å²) in [7, 11) is 0. The van der Waals surface area contributed by atoms with Crippen molar-refractivity contribution in [3.8, 4) is 0 Å². The molecule has 0 saturated carbocycles. The van der Waals surface area contributed by atoms with Gasteiger partial charge in [0.1, 0.15) is 12.3 Å². The van der Waals surface area contributed by atoms with E-state index in [9.17, 15) is 14.7 Å². The average molecular weight is 293 g/mol. The van der Waals surface area contributed by atoms with Crippen LogP contribution in [0.15, 0.2) is 28.0 Å². The van der Waals surface area contributed by atoms with Crippen LogP contribution >= 0.6 is 0 Å². The number of aliphatic hydroxyl groups excluding tert-OH is 1. The van der Waals surface area contributed by atoms with Gasteiger partial charge in [-0.15, -0.1) is 5.10 Å². The third kappa shape index (κ3) is 2.41. The maximum absolute atomic E-state index is 11.8. The maximum atomic E-state index is 11.8. The Bertz CT molecular complexity index is 748. The Labute approximate surface area is 118 Å². The van der Waals surface area contributed by atoms with Crippen molar-refractivity contribution in [2.24, 2.45) is 0 Å². The molecule has 0 amide bonds. The Balaban J connectivity index is 1.92. The zero-order chi connectivity index (χ0) is 15.0. The van der Waals surface area contributed by atoms with Crippen molar-refractivity contribution in [2.45, 2.75) is 31.7 Å². The number of aromatic amines is 1. The molecule has 2 N–H and O–H groups in total. The number of hydrogen-bond donors (Lipinski definition) is 2. The molecule has 2 aromatic heterocycles. The second kappa shape index (κ2) is 5.26. The summed E-state index contributed by atoms with van der Waals surface area (Å²) in [6, 6.07) is 1.04. The van der Waals surface area contributed by atoms with Gasteiger partial charge in [0, 0.05) is 18.7 Å². The van der Waals surface area contributed by atoms with E-state index in [1.54, 1.807) is 10.9 Å². The molecule has 1 fully saturated rings. The smallest absolute Gasteiger partial charge is 0.330 e. The molecule has 0 aliphatic carbocycles. The first-order valence-corrected chi connectivity index (χ1v) is 6.54. The van der Waals surface area contributed by atoms with Crippen LogP contribution in [0.4, 0.5) is 0 Å². The van der Waals surface area contributed by atoms with E-state index in [0.717, 1.165) is 5.69 Å². The molecule has 1 unspecified atom stereocenters. The Hall–Kier alpha value is -2.26. The van der Waals surface area contributed by atoms with Gasteiger partial charge >= 0.3 is 5.69 Å². The fourth-order valence-electron chi connectivity index (χ4n) is 2.58. The van der Waals surface area contributed by atoms with E-state index in [-0.39, 0.29) is 12.6 Å². The molecule has 0 aromatic carbocycles. The lowest BCUT2D eigenvalue weighted by molar-refractivity contribution is -0.0324. The summed E-state index contributed by atoms with van der Waals surface area (Å²) >= 11 is 0. The van der Waals surface area contributed by atoms with Crippen LogP contribution in [0, 0.1) is 6.92 Å². The molecule has 112 valence electrons. The van der Waals surface area contributed by atoms with Crippen molar-refractivity contribution >= 4 is 0 Å². The van der Waals surface area contributed by atoms with Crippen molar-refractivity contribution in [1.82, 2.24) is 24.5 Å². The van der Waals surface area contributed by atoms with Crippen molar-refractivity contribution in [3.05, 3.63) is 45.0 Å². The lowest BCUT2D eigenvalue weighted by atomic mass is 10.1. The van der Waals surface area contributed by atoms with E-state index < -0.39 is 23.6 Å². The number of hydrogen-bond acceptors (Lipinski definition) is 6. The van der Waals surface area contributed by atoms with Crippen LogP contribution < -0.4 is 11.2 Å². The Morgan fingerprint density at radius 3 is 2.95 bits per heavy atom. The number of rotatable bonds is 3. The highest BCUT2D eigenvalue weighted by atomic mass is 16.5. The minimum atomic E-state index is -0.569. The van der Waals surface area contributed by atoms with Crippen molar-refractivity contribution in [1.29, 1.82) is 0 Å². The molecule has 3 heterocycles.